The van der Waals surface area contributed by atoms with E-state index >= 15 is 0 Å². The molecular weight excluding hydrogens is 389 g/mol. The van der Waals surface area contributed by atoms with Gasteiger partial charge < -0.3 is 19.3 Å². The van der Waals surface area contributed by atoms with Gasteiger partial charge in [0.1, 0.15) is 17.3 Å². The summed E-state index contributed by atoms with van der Waals surface area (Å²) in [7, 11) is 0. The van der Waals surface area contributed by atoms with Crippen LogP contribution in [0.5, 0.6) is 5.75 Å². The van der Waals surface area contributed by atoms with E-state index in [4.69, 9.17) is 8.83 Å². The number of carbonyl (C=O) groups is 1. The molecule has 0 radical (unpaired) electrons. The van der Waals surface area contributed by atoms with E-state index in [0.29, 0.717) is 18.1 Å². The van der Waals surface area contributed by atoms with Crippen molar-refractivity contribution in [3.8, 4) is 5.75 Å². The van der Waals surface area contributed by atoms with Crippen molar-refractivity contribution in [2.75, 3.05) is 6.54 Å². The number of rotatable bonds is 9. The Balaban J connectivity index is 1.75. The molecule has 0 aliphatic rings. The number of hydrogen-bond acceptors (Lipinski definition) is 6. The fraction of sp³-hybridized carbons (Fsp3) is 0.304. The van der Waals surface area contributed by atoms with Crippen molar-refractivity contribution >= 4 is 5.78 Å². The van der Waals surface area contributed by atoms with Crippen LogP contribution in [0, 0.1) is 11.7 Å². The highest BCUT2D eigenvalue weighted by Crippen LogP contribution is 2.21. The van der Waals surface area contributed by atoms with E-state index in [1.54, 1.807) is 18.2 Å². The van der Waals surface area contributed by atoms with Gasteiger partial charge in [-0.3, -0.25) is 9.59 Å². The highest BCUT2D eigenvalue weighted by molar-refractivity contribution is 6.06. The third-order valence-corrected chi connectivity index (χ3v) is 4.55. The number of ketones is 1. The van der Waals surface area contributed by atoms with Crippen molar-refractivity contribution in [3.63, 3.8) is 0 Å². The van der Waals surface area contributed by atoms with Gasteiger partial charge in [-0.15, -0.1) is 0 Å². The van der Waals surface area contributed by atoms with Crippen LogP contribution in [0.4, 0.5) is 4.39 Å². The molecule has 6 nitrogen and oxygen atoms in total. The second-order valence-corrected chi connectivity index (χ2v) is 7.51. The van der Waals surface area contributed by atoms with Crippen LogP contribution >= 0.6 is 0 Å². The molecule has 0 unspecified atom stereocenters. The molecule has 0 atom stereocenters. The van der Waals surface area contributed by atoms with E-state index in [0.717, 1.165) is 24.6 Å². The van der Waals surface area contributed by atoms with Crippen molar-refractivity contribution in [1.29, 1.82) is 0 Å². The summed E-state index contributed by atoms with van der Waals surface area (Å²) >= 11 is 0. The lowest BCUT2D eigenvalue weighted by atomic mass is 10.1. The summed E-state index contributed by atoms with van der Waals surface area (Å²) < 4.78 is 24.1. The summed E-state index contributed by atoms with van der Waals surface area (Å²) in [5, 5.41) is 13.2. The van der Waals surface area contributed by atoms with E-state index in [1.165, 1.54) is 18.2 Å². The minimum atomic E-state index is -0.748. The van der Waals surface area contributed by atoms with Gasteiger partial charge in [0.05, 0.1) is 6.54 Å². The predicted octanol–water partition coefficient (Wildman–Crippen LogP) is 4.04. The monoisotopic (exact) mass is 413 g/mol. The molecule has 158 valence electrons. The molecule has 0 aliphatic heterocycles. The quantitative estimate of drug-likeness (QED) is 0.406. The first-order valence-corrected chi connectivity index (χ1v) is 9.78. The number of nitrogens with one attached hydrogen (secondary N) is 1. The maximum Gasteiger partial charge on any atom is 0.267 e. The van der Waals surface area contributed by atoms with Gasteiger partial charge in [0.2, 0.25) is 16.9 Å². The Bertz CT molecular complexity index is 1070. The molecule has 0 saturated carbocycles. The zero-order valence-corrected chi connectivity index (χ0v) is 16.9. The molecule has 2 heterocycles. The maximum atomic E-state index is 13.0. The van der Waals surface area contributed by atoms with E-state index in [2.05, 4.69) is 19.2 Å². The zero-order valence-electron chi connectivity index (χ0n) is 16.9. The SMILES string of the molecule is CC(C)CCNCc1cc(=O)c(O)c(C(=O)c2ccc(Cc3ccc(F)cc3)o2)o1. The zero-order chi connectivity index (χ0) is 21.7. The van der Waals surface area contributed by atoms with Crippen LogP contribution in [0.25, 0.3) is 0 Å². The average Bonchev–Trinajstić information content (AvgIpc) is 3.17. The van der Waals surface area contributed by atoms with Gasteiger partial charge in [-0.05, 0) is 48.7 Å². The average molecular weight is 413 g/mol. The van der Waals surface area contributed by atoms with Crippen molar-refractivity contribution in [2.45, 2.75) is 33.2 Å². The number of aromatic hydroxyl groups is 1. The Kier molecular flexibility index (Phi) is 6.84. The fourth-order valence-corrected chi connectivity index (χ4v) is 2.89. The van der Waals surface area contributed by atoms with E-state index in [-0.39, 0.29) is 23.9 Å². The van der Waals surface area contributed by atoms with Gasteiger partial charge in [-0.1, -0.05) is 26.0 Å². The lowest BCUT2D eigenvalue weighted by Crippen LogP contribution is -2.18. The summed E-state index contributed by atoms with van der Waals surface area (Å²) in [6, 6.07) is 10.2. The number of furan rings is 1. The van der Waals surface area contributed by atoms with Crippen molar-refractivity contribution < 1.29 is 23.1 Å². The van der Waals surface area contributed by atoms with Crippen molar-refractivity contribution in [3.05, 3.63) is 87.1 Å². The van der Waals surface area contributed by atoms with E-state index in [1.807, 2.05) is 0 Å². The molecule has 7 heteroatoms. The van der Waals surface area contributed by atoms with Gasteiger partial charge in [0.15, 0.2) is 5.76 Å². The normalized spacial score (nSPS) is 11.2. The highest BCUT2D eigenvalue weighted by Gasteiger charge is 2.23. The summed E-state index contributed by atoms with van der Waals surface area (Å²) in [5.41, 5.74) is 0.122. The highest BCUT2D eigenvalue weighted by atomic mass is 19.1. The second kappa shape index (κ2) is 9.54. The Morgan fingerprint density at radius 3 is 2.53 bits per heavy atom. The third-order valence-electron chi connectivity index (χ3n) is 4.55. The van der Waals surface area contributed by atoms with Crippen molar-refractivity contribution in [2.24, 2.45) is 5.92 Å². The fourth-order valence-electron chi connectivity index (χ4n) is 2.89. The molecule has 30 heavy (non-hydrogen) atoms. The van der Waals surface area contributed by atoms with Crippen LogP contribution in [0.1, 0.15) is 53.7 Å². The summed E-state index contributed by atoms with van der Waals surface area (Å²) in [5.74, 6) is -1.05. The van der Waals surface area contributed by atoms with Gasteiger partial charge in [-0.2, -0.15) is 0 Å². The first kappa shape index (κ1) is 21.5. The standard InChI is InChI=1S/C23H24FNO5/c1-14(2)9-10-25-13-18-12-19(26)21(27)23(30-18)22(28)20-8-7-17(29-20)11-15-3-5-16(24)6-4-15/h3-8,12,14,25,27H,9-11,13H2,1-2H3. The summed E-state index contributed by atoms with van der Waals surface area (Å²) in [6.45, 7) is 5.20. The molecule has 3 rings (SSSR count). The topological polar surface area (TPSA) is 92.7 Å². The lowest BCUT2D eigenvalue weighted by molar-refractivity contribution is 0.0971. The summed E-state index contributed by atoms with van der Waals surface area (Å²) in [6.07, 6.45) is 1.32. The number of hydrogen-bond donors (Lipinski definition) is 2. The van der Waals surface area contributed by atoms with Crippen LogP contribution in [0.15, 0.2) is 56.1 Å². The van der Waals surface area contributed by atoms with E-state index < -0.39 is 22.7 Å². The smallest absolute Gasteiger partial charge is 0.267 e. The van der Waals surface area contributed by atoms with Crippen LogP contribution in [0.2, 0.25) is 0 Å². The number of halogens is 1. The third kappa shape index (κ3) is 5.45. The van der Waals surface area contributed by atoms with Gasteiger partial charge in [0, 0.05) is 12.5 Å². The first-order valence-electron chi connectivity index (χ1n) is 9.78. The molecule has 1 aromatic carbocycles. The van der Waals surface area contributed by atoms with Crippen LogP contribution in [-0.4, -0.2) is 17.4 Å². The summed E-state index contributed by atoms with van der Waals surface area (Å²) in [4.78, 5) is 24.8. The largest absolute Gasteiger partial charge is 0.501 e. The molecule has 2 aromatic heterocycles. The second-order valence-electron chi connectivity index (χ2n) is 7.51. The molecule has 0 saturated heterocycles. The molecule has 0 bridgehead atoms. The van der Waals surface area contributed by atoms with Gasteiger partial charge in [-0.25, -0.2) is 4.39 Å². The number of carbonyl (C=O) groups excluding carboxylic acids is 1. The predicted molar refractivity (Wildman–Crippen MR) is 109 cm³/mol. The Morgan fingerprint density at radius 2 is 1.83 bits per heavy atom. The Morgan fingerprint density at radius 1 is 1.10 bits per heavy atom. The van der Waals surface area contributed by atoms with Crippen LogP contribution in [0.3, 0.4) is 0 Å². The van der Waals surface area contributed by atoms with Gasteiger partial charge >= 0.3 is 0 Å². The van der Waals surface area contributed by atoms with Crippen molar-refractivity contribution in [1.82, 2.24) is 5.32 Å². The van der Waals surface area contributed by atoms with Crippen LogP contribution in [-0.2, 0) is 13.0 Å². The minimum Gasteiger partial charge on any atom is -0.501 e. The van der Waals surface area contributed by atoms with Gasteiger partial charge in [0.25, 0.3) is 5.78 Å². The molecule has 0 fully saturated rings. The van der Waals surface area contributed by atoms with E-state index in [9.17, 15) is 19.1 Å². The molecule has 0 spiro atoms. The molecule has 0 amide bonds. The van der Waals surface area contributed by atoms with Crippen LogP contribution < -0.4 is 10.7 Å². The molecule has 3 aromatic rings. The molecule has 0 aliphatic carbocycles. The molecule has 2 N–H and O–H groups in total. The molecular formula is C23H24FNO5. The number of benzene rings is 1. The lowest BCUT2D eigenvalue weighted by Gasteiger charge is -2.08. The Labute approximate surface area is 173 Å². The Hall–Kier alpha value is -3.19. The maximum absolute atomic E-state index is 13.0. The first-order chi connectivity index (χ1) is 14.3. The minimum absolute atomic E-state index is 0.0597.